The Morgan fingerprint density at radius 3 is 2.53 bits per heavy atom. The topological polar surface area (TPSA) is 75.1 Å². The number of rotatable bonds is 13. The fourth-order valence-electron chi connectivity index (χ4n) is 3.18. The lowest BCUT2D eigenvalue weighted by atomic mass is 10.1. The third kappa shape index (κ3) is 8.15. The third-order valence-electron chi connectivity index (χ3n) is 5.13. The van der Waals surface area contributed by atoms with Crippen molar-refractivity contribution in [3.63, 3.8) is 0 Å². The lowest BCUT2D eigenvalue weighted by molar-refractivity contribution is -0.136. The first-order valence-electron chi connectivity index (χ1n) is 10.7. The van der Waals surface area contributed by atoms with Gasteiger partial charge in [0, 0.05) is 11.8 Å². The van der Waals surface area contributed by atoms with E-state index in [0.717, 1.165) is 30.5 Å². The number of nitrogens with one attached hydrogen (secondary N) is 1. The van der Waals surface area contributed by atoms with Crippen molar-refractivity contribution in [3.8, 4) is 0 Å². The highest BCUT2D eigenvalue weighted by molar-refractivity contribution is 8.00. The Morgan fingerprint density at radius 2 is 1.83 bits per heavy atom. The molecule has 1 aromatic carbocycles. The number of benzene rings is 1. The highest BCUT2D eigenvalue weighted by Crippen LogP contribution is 2.29. The first-order valence-corrected chi connectivity index (χ1v) is 11.9. The van der Waals surface area contributed by atoms with Crippen LogP contribution in [0.25, 0.3) is 0 Å². The maximum atomic E-state index is 11.7. The zero-order valence-corrected chi connectivity index (χ0v) is 19.7. The number of carboxylic acid groups (broad SMARTS) is 1. The maximum absolute atomic E-state index is 11.7. The Labute approximate surface area is 189 Å². The van der Waals surface area contributed by atoms with E-state index in [4.69, 9.17) is 11.6 Å². The van der Waals surface area contributed by atoms with Gasteiger partial charge < -0.3 is 10.4 Å². The van der Waals surface area contributed by atoms with Gasteiger partial charge in [0.05, 0.1) is 0 Å². The second-order valence-electron chi connectivity index (χ2n) is 7.59. The number of aromatic nitrogens is 2. The van der Waals surface area contributed by atoms with Crippen LogP contribution in [0, 0.1) is 13.8 Å². The molecule has 2 N–H and O–H groups in total. The van der Waals surface area contributed by atoms with Gasteiger partial charge in [-0.1, -0.05) is 87.4 Å². The molecule has 30 heavy (non-hydrogen) atoms. The Kier molecular flexibility index (Phi) is 10.4. The zero-order valence-electron chi connectivity index (χ0n) is 18.1. The third-order valence-corrected chi connectivity index (χ3v) is 6.44. The molecule has 164 valence electrons. The van der Waals surface area contributed by atoms with Gasteiger partial charge in [0.2, 0.25) is 0 Å². The van der Waals surface area contributed by atoms with Gasteiger partial charge in [-0.3, -0.25) is 4.79 Å². The van der Waals surface area contributed by atoms with Gasteiger partial charge in [-0.15, -0.1) is 0 Å². The van der Waals surface area contributed by atoms with Crippen molar-refractivity contribution in [3.05, 3.63) is 40.5 Å². The summed E-state index contributed by atoms with van der Waals surface area (Å²) in [5, 5.41) is 13.0. The molecular weight excluding hydrogens is 418 g/mol. The Balaban J connectivity index is 1.98. The number of aryl methyl sites for hydroxylation is 1. The number of aliphatic carboxylic acids is 1. The fourth-order valence-corrected chi connectivity index (χ4v) is 4.36. The Hall–Kier alpha value is -1.79. The molecule has 0 aliphatic rings. The number of hydrogen-bond donors (Lipinski definition) is 2. The standard InChI is InChI=1S/C23H32ClN3O2S/c1-4-5-6-7-8-9-10-14-19(22(28)29)30-23-26-20(24)15-21(27-23)25-18-13-11-12-16(2)17(18)3/h11-13,15,19H,4-10,14H2,1-3H3,(H,28,29)(H,25,26,27). The summed E-state index contributed by atoms with van der Waals surface area (Å²) in [7, 11) is 0. The van der Waals surface area contributed by atoms with Crippen LogP contribution in [0.15, 0.2) is 29.4 Å². The van der Waals surface area contributed by atoms with Gasteiger partial charge in [-0.2, -0.15) is 0 Å². The molecular formula is C23H32ClN3O2S. The van der Waals surface area contributed by atoms with E-state index in [2.05, 4.69) is 35.2 Å². The number of anilines is 2. The Morgan fingerprint density at radius 1 is 1.13 bits per heavy atom. The van der Waals surface area contributed by atoms with Crippen LogP contribution in [0.2, 0.25) is 5.15 Å². The SMILES string of the molecule is CCCCCCCCCC(Sc1nc(Cl)cc(Nc2cccc(C)c2C)n1)C(=O)O. The fraction of sp³-hybridized carbons (Fsp3) is 0.522. The number of carbonyl (C=O) groups is 1. The van der Waals surface area contributed by atoms with Gasteiger partial charge in [0.25, 0.3) is 0 Å². The number of nitrogens with zero attached hydrogens (tertiary/aromatic N) is 2. The second-order valence-corrected chi connectivity index (χ2v) is 9.14. The molecule has 1 atom stereocenters. The lowest BCUT2D eigenvalue weighted by Crippen LogP contribution is -2.17. The van der Waals surface area contributed by atoms with Crippen LogP contribution in [0.5, 0.6) is 0 Å². The number of hydrogen-bond acceptors (Lipinski definition) is 5. The van der Waals surface area contributed by atoms with E-state index >= 15 is 0 Å². The summed E-state index contributed by atoms with van der Waals surface area (Å²) < 4.78 is 0. The van der Waals surface area contributed by atoms with Gasteiger partial charge in [0.1, 0.15) is 16.2 Å². The van der Waals surface area contributed by atoms with E-state index in [0.29, 0.717) is 22.5 Å². The average molecular weight is 450 g/mol. The van der Waals surface area contributed by atoms with Crippen molar-refractivity contribution in [2.45, 2.75) is 82.5 Å². The van der Waals surface area contributed by atoms with Gasteiger partial charge in [0.15, 0.2) is 5.16 Å². The lowest BCUT2D eigenvalue weighted by Gasteiger charge is -2.14. The summed E-state index contributed by atoms with van der Waals surface area (Å²) in [6.45, 7) is 6.30. The van der Waals surface area contributed by atoms with Gasteiger partial charge in [-0.25, -0.2) is 9.97 Å². The van der Waals surface area contributed by atoms with Gasteiger partial charge >= 0.3 is 5.97 Å². The predicted molar refractivity (Wildman–Crippen MR) is 126 cm³/mol. The van der Waals surface area contributed by atoms with E-state index in [-0.39, 0.29) is 0 Å². The quantitative estimate of drug-likeness (QED) is 0.146. The molecule has 0 aliphatic carbocycles. The molecule has 0 saturated carbocycles. The molecule has 0 fully saturated rings. The molecule has 2 rings (SSSR count). The van der Waals surface area contributed by atoms with E-state index in [1.807, 2.05) is 19.1 Å². The van der Waals surface area contributed by atoms with Crippen molar-refractivity contribution in [2.75, 3.05) is 5.32 Å². The molecule has 7 heteroatoms. The molecule has 0 spiro atoms. The van der Waals surface area contributed by atoms with Crippen molar-refractivity contribution in [1.29, 1.82) is 0 Å². The minimum atomic E-state index is -0.835. The highest BCUT2D eigenvalue weighted by atomic mass is 35.5. The summed E-state index contributed by atoms with van der Waals surface area (Å²) in [6, 6.07) is 7.66. The van der Waals surface area contributed by atoms with Crippen LogP contribution in [-0.2, 0) is 4.79 Å². The minimum Gasteiger partial charge on any atom is -0.480 e. The average Bonchev–Trinajstić information content (AvgIpc) is 2.69. The molecule has 1 aromatic heterocycles. The molecule has 0 bridgehead atoms. The first-order chi connectivity index (χ1) is 14.4. The normalized spacial score (nSPS) is 12.0. The molecule has 0 saturated heterocycles. The van der Waals surface area contributed by atoms with Crippen LogP contribution < -0.4 is 5.32 Å². The Bertz CT molecular complexity index is 832. The monoisotopic (exact) mass is 449 g/mol. The van der Waals surface area contributed by atoms with E-state index in [9.17, 15) is 9.90 Å². The van der Waals surface area contributed by atoms with E-state index < -0.39 is 11.2 Å². The van der Waals surface area contributed by atoms with Crippen LogP contribution in [0.4, 0.5) is 11.5 Å². The van der Waals surface area contributed by atoms with Crippen LogP contribution in [-0.4, -0.2) is 26.3 Å². The summed E-state index contributed by atoms with van der Waals surface area (Å²) in [4.78, 5) is 20.4. The summed E-state index contributed by atoms with van der Waals surface area (Å²) in [5.41, 5.74) is 3.25. The molecule has 0 amide bonds. The molecule has 1 heterocycles. The molecule has 0 aliphatic heterocycles. The predicted octanol–water partition coefficient (Wildman–Crippen LogP) is 7.18. The van der Waals surface area contributed by atoms with Crippen LogP contribution in [0.3, 0.4) is 0 Å². The first kappa shape index (κ1) is 24.5. The van der Waals surface area contributed by atoms with Crippen LogP contribution in [0.1, 0.15) is 69.4 Å². The van der Waals surface area contributed by atoms with E-state index in [1.165, 1.54) is 43.0 Å². The summed E-state index contributed by atoms with van der Waals surface area (Å²) >= 11 is 7.35. The number of thioether (sulfide) groups is 1. The van der Waals surface area contributed by atoms with E-state index in [1.54, 1.807) is 6.07 Å². The number of halogens is 1. The zero-order chi connectivity index (χ0) is 21.9. The largest absolute Gasteiger partial charge is 0.480 e. The molecule has 0 radical (unpaired) electrons. The van der Waals surface area contributed by atoms with Gasteiger partial charge in [-0.05, 0) is 37.5 Å². The summed E-state index contributed by atoms with van der Waals surface area (Å²) in [6.07, 6.45) is 8.71. The maximum Gasteiger partial charge on any atom is 0.317 e. The number of carboxylic acids is 1. The molecule has 1 unspecified atom stereocenters. The molecule has 2 aromatic rings. The minimum absolute atomic E-state index is 0.292. The van der Waals surface area contributed by atoms with Crippen LogP contribution >= 0.6 is 23.4 Å². The molecule has 5 nitrogen and oxygen atoms in total. The smallest absolute Gasteiger partial charge is 0.317 e. The van der Waals surface area contributed by atoms with Crippen molar-refractivity contribution in [1.82, 2.24) is 9.97 Å². The number of unbranched alkanes of at least 4 members (excludes halogenated alkanes) is 6. The highest BCUT2D eigenvalue weighted by Gasteiger charge is 2.21. The van der Waals surface area contributed by atoms with Crippen molar-refractivity contribution in [2.24, 2.45) is 0 Å². The van der Waals surface area contributed by atoms with Crippen molar-refractivity contribution >= 4 is 40.8 Å². The second kappa shape index (κ2) is 12.8. The summed E-state index contributed by atoms with van der Waals surface area (Å²) in [5.74, 6) is -0.273. The van der Waals surface area contributed by atoms with Crippen molar-refractivity contribution < 1.29 is 9.90 Å².